The van der Waals surface area contributed by atoms with Crippen molar-refractivity contribution in [2.75, 3.05) is 25.7 Å². The molecule has 30 heavy (non-hydrogen) atoms. The van der Waals surface area contributed by atoms with Gasteiger partial charge < -0.3 is 18.9 Å². The van der Waals surface area contributed by atoms with Crippen molar-refractivity contribution < 1.29 is 28.5 Å². The highest BCUT2D eigenvalue weighted by molar-refractivity contribution is 8.76. The number of hydrogen-bond donors (Lipinski definition) is 0. The molecule has 0 aliphatic carbocycles. The molecular weight excluding hydrogens is 424 g/mol. The number of esters is 2. The van der Waals surface area contributed by atoms with Gasteiger partial charge in [0.1, 0.15) is 24.7 Å². The van der Waals surface area contributed by atoms with E-state index < -0.39 is 0 Å². The molecule has 0 aromatic heterocycles. The lowest BCUT2D eigenvalue weighted by molar-refractivity contribution is -0.145. The van der Waals surface area contributed by atoms with Gasteiger partial charge in [-0.25, -0.2) is 0 Å². The summed E-state index contributed by atoms with van der Waals surface area (Å²) in [5.41, 5.74) is 1.83. The molecule has 0 atom stereocenters. The molecule has 0 fully saturated rings. The van der Waals surface area contributed by atoms with E-state index in [-0.39, 0.29) is 25.2 Å². The molecular formula is C22H26O6S2. The van der Waals surface area contributed by atoms with Crippen LogP contribution in [0.4, 0.5) is 0 Å². The van der Waals surface area contributed by atoms with Crippen molar-refractivity contribution in [3.05, 3.63) is 59.7 Å². The fourth-order valence-electron chi connectivity index (χ4n) is 2.28. The normalized spacial score (nSPS) is 10.3. The van der Waals surface area contributed by atoms with Crippen LogP contribution in [0.1, 0.15) is 24.0 Å². The van der Waals surface area contributed by atoms with E-state index in [1.165, 1.54) is 0 Å². The average Bonchev–Trinajstić information content (AvgIpc) is 2.79. The van der Waals surface area contributed by atoms with Gasteiger partial charge in [-0.15, -0.1) is 0 Å². The smallest absolute Gasteiger partial charge is 0.306 e. The van der Waals surface area contributed by atoms with Crippen LogP contribution in [-0.2, 0) is 32.3 Å². The lowest BCUT2D eigenvalue weighted by Crippen LogP contribution is -2.06. The third-order valence-electron chi connectivity index (χ3n) is 3.98. The number of methoxy groups -OCH3 is 2. The van der Waals surface area contributed by atoms with Crippen LogP contribution < -0.4 is 9.47 Å². The highest BCUT2D eigenvalue weighted by Crippen LogP contribution is 2.23. The fraction of sp³-hybridized carbons (Fsp3) is 0.364. The molecule has 6 nitrogen and oxygen atoms in total. The number of ether oxygens (including phenoxy) is 4. The highest BCUT2D eigenvalue weighted by atomic mass is 33.1. The molecule has 0 amide bonds. The van der Waals surface area contributed by atoms with Gasteiger partial charge >= 0.3 is 11.9 Å². The Labute approximate surface area is 185 Å². The average molecular weight is 451 g/mol. The monoisotopic (exact) mass is 450 g/mol. The first-order valence-electron chi connectivity index (χ1n) is 9.42. The summed E-state index contributed by atoms with van der Waals surface area (Å²) in [7, 11) is 6.31. The quantitative estimate of drug-likeness (QED) is 0.248. The minimum absolute atomic E-state index is 0.238. The van der Waals surface area contributed by atoms with Gasteiger partial charge in [0.05, 0.1) is 27.1 Å². The molecule has 0 aliphatic rings. The summed E-state index contributed by atoms with van der Waals surface area (Å²) >= 11 is 0. The summed E-state index contributed by atoms with van der Waals surface area (Å²) in [6.45, 7) is 0.501. The number of benzene rings is 2. The van der Waals surface area contributed by atoms with E-state index in [2.05, 4.69) is 0 Å². The first-order chi connectivity index (χ1) is 14.6. The molecule has 2 rings (SSSR count). The SMILES string of the molecule is COc1ccc(COC(=O)CCSSCCC(=O)OCc2ccc(OC)cc2)cc1. The summed E-state index contributed by atoms with van der Waals surface area (Å²) in [6, 6.07) is 14.8. The Hall–Kier alpha value is -2.32. The van der Waals surface area contributed by atoms with Crippen molar-refractivity contribution in [1.82, 2.24) is 0 Å². The maximum atomic E-state index is 11.8. The van der Waals surface area contributed by atoms with E-state index in [1.807, 2.05) is 48.5 Å². The lowest BCUT2D eigenvalue weighted by atomic mass is 10.2. The molecule has 162 valence electrons. The van der Waals surface area contributed by atoms with E-state index in [9.17, 15) is 9.59 Å². The van der Waals surface area contributed by atoms with Crippen molar-refractivity contribution in [1.29, 1.82) is 0 Å². The second kappa shape index (κ2) is 13.8. The third-order valence-corrected chi connectivity index (χ3v) is 6.39. The van der Waals surface area contributed by atoms with Gasteiger partial charge in [0.15, 0.2) is 0 Å². The zero-order chi connectivity index (χ0) is 21.6. The van der Waals surface area contributed by atoms with Gasteiger partial charge in [-0.3, -0.25) is 9.59 Å². The van der Waals surface area contributed by atoms with Crippen molar-refractivity contribution in [2.45, 2.75) is 26.1 Å². The summed E-state index contributed by atoms with van der Waals surface area (Å²) in [5, 5.41) is 0. The van der Waals surface area contributed by atoms with Crippen LogP contribution in [0.25, 0.3) is 0 Å². The Balaban J connectivity index is 1.48. The largest absolute Gasteiger partial charge is 0.497 e. The molecule has 0 aliphatic heterocycles. The van der Waals surface area contributed by atoms with Crippen LogP contribution in [0.3, 0.4) is 0 Å². The Morgan fingerprint density at radius 1 is 0.667 bits per heavy atom. The van der Waals surface area contributed by atoms with Crippen molar-refractivity contribution in [3.63, 3.8) is 0 Å². The van der Waals surface area contributed by atoms with Gasteiger partial charge in [-0.05, 0) is 35.4 Å². The molecule has 0 radical (unpaired) electrons. The minimum atomic E-state index is -0.238. The number of carbonyl (C=O) groups is 2. The van der Waals surface area contributed by atoms with Crippen LogP contribution in [0.15, 0.2) is 48.5 Å². The standard InChI is InChI=1S/C22H26O6S2/c1-25-19-7-3-17(4-8-19)15-27-21(23)11-13-29-30-14-12-22(24)28-16-18-5-9-20(26-2)10-6-18/h3-10H,11-16H2,1-2H3. The molecule has 0 saturated heterocycles. The molecule has 0 N–H and O–H groups in total. The predicted molar refractivity (Wildman–Crippen MR) is 120 cm³/mol. The number of rotatable bonds is 13. The van der Waals surface area contributed by atoms with Gasteiger partial charge in [0.2, 0.25) is 0 Å². The summed E-state index contributed by atoms with van der Waals surface area (Å²) in [5.74, 6) is 2.32. The van der Waals surface area contributed by atoms with Crippen molar-refractivity contribution in [3.8, 4) is 11.5 Å². The molecule has 2 aromatic carbocycles. The van der Waals surface area contributed by atoms with E-state index >= 15 is 0 Å². The molecule has 0 unspecified atom stereocenters. The fourth-order valence-corrected chi connectivity index (χ4v) is 4.23. The van der Waals surface area contributed by atoms with E-state index in [1.54, 1.807) is 35.8 Å². The summed E-state index contributed by atoms with van der Waals surface area (Å²) in [4.78, 5) is 23.6. The molecule has 0 spiro atoms. The van der Waals surface area contributed by atoms with Gasteiger partial charge in [0, 0.05) is 11.5 Å². The van der Waals surface area contributed by atoms with Crippen LogP contribution in [-0.4, -0.2) is 37.7 Å². The molecule has 2 aromatic rings. The molecule has 0 saturated carbocycles. The summed E-state index contributed by atoms with van der Waals surface area (Å²) in [6.07, 6.45) is 0.658. The topological polar surface area (TPSA) is 71.1 Å². The van der Waals surface area contributed by atoms with E-state index in [4.69, 9.17) is 18.9 Å². The number of carbonyl (C=O) groups excluding carboxylic acids is 2. The minimum Gasteiger partial charge on any atom is -0.497 e. The second-order valence-electron chi connectivity index (χ2n) is 6.16. The Kier molecular flexibility index (Phi) is 11.0. The van der Waals surface area contributed by atoms with Crippen LogP contribution in [0, 0.1) is 0 Å². The van der Waals surface area contributed by atoms with E-state index in [0.29, 0.717) is 24.3 Å². The Morgan fingerprint density at radius 2 is 1.03 bits per heavy atom. The van der Waals surface area contributed by atoms with Crippen molar-refractivity contribution >= 4 is 33.5 Å². The molecule has 8 heteroatoms. The van der Waals surface area contributed by atoms with Crippen LogP contribution in [0.2, 0.25) is 0 Å². The molecule has 0 bridgehead atoms. The first-order valence-corrected chi connectivity index (χ1v) is 11.9. The predicted octanol–water partition coefficient (Wildman–Crippen LogP) is 4.65. The van der Waals surface area contributed by atoms with Crippen molar-refractivity contribution in [2.24, 2.45) is 0 Å². The van der Waals surface area contributed by atoms with Gasteiger partial charge in [-0.1, -0.05) is 45.9 Å². The maximum Gasteiger partial charge on any atom is 0.306 e. The van der Waals surface area contributed by atoms with Gasteiger partial charge in [0.25, 0.3) is 0 Å². The number of hydrogen-bond acceptors (Lipinski definition) is 8. The highest BCUT2D eigenvalue weighted by Gasteiger charge is 2.06. The van der Waals surface area contributed by atoms with Crippen LogP contribution >= 0.6 is 21.6 Å². The zero-order valence-electron chi connectivity index (χ0n) is 17.1. The van der Waals surface area contributed by atoms with E-state index in [0.717, 1.165) is 22.6 Å². The molecule has 0 heterocycles. The maximum absolute atomic E-state index is 11.8. The third kappa shape index (κ3) is 9.45. The second-order valence-corrected chi connectivity index (χ2v) is 8.86. The summed E-state index contributed by atoms with van der Waals surface area (Å²) < 4.78 is 20.7. The zero-order valence-corrected chi connectivity index (χ0v) is 18.8. The van der Waals surface area contributed by atoms with Crippen LogP contribution in [0.5, 0.6) is 11.5 Å². The Bertz CT molecular complexity index is 710. The Morgan fingerprint density at radius 3 is 1.37 bits per heavy atom. The van der Waals surface area contributed by atoms with Gasteiger partial charge in [-0.2, -0.15) is 0 Å². The first kappa shape index (κ1) is 24.0. The lowest BCUT2D eigenvalue weighted by Gasteiger charge is -2.07.